The average molecular weight is 530 g/mol. The number of likely N-dealkylation sites (tertiary alicyclic amines) is 1. The van der Waals surface area contributed by atoms with Crippen LogP contribution < -0.4 is 10.1 Å². The number of fused-ring (bicyclic) bond motifs is 1. The molecular formula is C29H47N5O4. The summed E-state index contributed by atoms with van der Waals surface area (Å²) in [5.41, 5.74) is 1.84. The van der Waals surface area contributed by atoms with E-state index in [2.05, 4.69) is 42.9 Å². The van der Waals surface area contributed by atoms with Crippen molar-refractivity contribution in [3.8, 4) is 5.88 Å². The van der Waals surface area contributed by atoms with E-state index in [4.69, 9.17) is 19.4 Å². The van der Waals surface area contributed by atoms with Gasteiger partial charge in [0.25, 0.3) is 0 Å². The summed E-state index contributed by atoms with van der Waals surface area (Å²) >= 11 is 0. The second-order valence-corrected chi connectivity index (χ2v) is 12.5. The summed E-state index contributed by atoms with van der Waals surface area (Å²) in [6.07, 6.45) is 9.32. The molecule has 3 N–H and O–H groups in total. The number of aliphatic hydroxyl groups excluding tert-OH is 2. The summed E-state index contributed by atoms with van der Waals surface area (Å²) in [6.45, 7) is 12.8. The largest absolute Gasteiger partial charge is 0.474 e. The van der Waals surface area contributed by atoms with Crippen molar-refractivity contribution in [1.82, 2.24) is 19.9 Å². The number of hydrogen-bond acceptors (Lipinski definition) is 9. The minimum absolute atomic E-state index is 0.00699. The maximum atomic E-state index is 10.1. The highest BCUT2D eigenvalue weighted by atomic mass is 16.5. The Morgan fingerprint density at radius 2 is 1.76 bits per heavy atom. The van der Waals surface area contributed by atoms with E-state index in [0.29, 0.717) is 30.8 Å². The van der Waals surface area contributed by atoms with Crippen molar-refractivity contribution in [2.75, 3.05) is 32.2 Å². The van der Waals surface area contributed by atoms with Gasteiger partial charge in [-0.2, -0.15) is 0 Å². The highest BCUT2D eigenvalue weighted by Gasteiger charge is 2.46. The van der Waals surface area contributed by atoms with Gasteiger partial charge >= 0.3 is 0 Å². The number of anilines is 1. The lowest BCUT2D eigenvalue weighted by molar-refractivity contribution is -0.0815. The van der Waals surface area contributed by atoms with Gasteiger partial charge in [0.15, 0.2) is 0 Å². The lowest BCUT2D eigenvalue weighted by Crippen LogP contribution is -2.63. The minimum Gasteiger partial charge on any atom is -0.474 e. The van der Waals surface area contributed by atoms with Crippen LogP contribution >= 0.6 is 0 Å². The first-order valence-corrected chi connectivity index (χ1v) is 14.2. The number of aromatic nitrogens is 3. The molecule has 0 bridgehead atoms. The van der Waals surface area contributed by atoms with Gasteiger partial charge in [0.05, 0.1) is 23.6 Å². The van der Waals surface area contributed by atoms with Crippen LogP contribution in [-0.4, -0.2) is 86.3 Å². The van der Waals surface area contributed by atoms with Crippen molar-refractivity contribution < 1.29 is 19.7 Å². The van der Waals surface area contributed by atoms with Gasteiger partial charge in [-0.1, -0.05) is 0 Å². The number of pyridine rings is 1. The molecular weight excluding hydrogens is 482 g/mol. The molecule has 4 rings (SSSR count). The van der Waals surface area contributed by atoms with Gasteiger partial charge in [-0.3, -0.25) is 4.90 Å². The molecule has 0 aromatic carbocycles. The number of nitrogens with one attached hydrogen (secondary N) is 1. The third-order valence-corrected chi connectivity index (χ3v) is 8.40. The summed E-state index contributed by atoms with van der Waals surface area (Å²) in [7, 11) is 1.75. The Balaban J connectivity index is 1.65. The van der Waals surface area contributed by atoms with Crippen LogP contribution in [0.2, 0.25) is 0 Å². The molecule has 0 spiro atoms. The van der Waals surface area contributed by atoms with Crippen LogP contribution in [0.5, 0.6) is 5.88 Å². The molecule has 2 aromatic rings. The molecule has 2 aromatic heterocycles. The highest BCUT2D eigenvalue weighted by Crippen LogP contribution is 2.42. The minimum atomic E-state index is -0.222. The molecule has 0 amide bonds. The number of methoxy groups -OCH3 is 1. The molecule has 1 atom stereocenters. The molecule has 1 aliphatic carbocycles. The number of hydrogen-bond donors (Lipinski definition) is 3. The Labute approximate surface area is 227 Å². The number of rotatable bonds is 10. The van der Waals surface area contributed by atoms with E-state index in [9.17, 15) is 10.2 Å². The van der Waals surface area contributed by atoms with E-state index < -0.39 is 0 Å². The summed E-state index contributed by atoms with van der Waals surface area (Å²) in [5.74, 6) is 1.42. The molecule has 9 nitrogen and oxygen atoms in total. The maximum Gasteiger partial charge on any atom is 0.224 e. The third kappa shape index (κ3) is 6.55. The molecule has 2 aliphatic rings. The molecule has 1 saturated heterocycles. The van der Waals surface area contributed by atoms with Crippen LogP contribution in [0.4, 0.5) is 5.95 Å². The molecule has 38 heavy (non-hydrogen) atoms. The topological polar surface area (TPSA) is 113 Å². The fraction of sp³-hybridized carbons (Fsp3) is 0.759. The zero-order chi connectivity index (χ0) is 27.5. The van der Waals surface area contributed by atoms with Crippen molar-refractivity contribution in [1.29, 1.82) is 0 Å². The maximum absolute atomic E-state index is 10.1. The van der Waals surface area contributed by atoms with Crippen molar-refractivity contribution in [2.24, 2.45) is 0 Å². The van der Waals surface area contributed by atoms with Crippen molar-refractivity contribution >= 4 is 16.9 Å². The van der Waals surface area contributed by atoms with E-state index in [0.717, 1.165) is 61.5 Å². The van der Waals surface area contributed by atoms with Gasteiger partial charge in [-0.15, -0.1) is 0 Å². The highest BCUT2D eigenvalue weighted by molar-refractivity contribution is 5.86. The van der Waals surface area contributed by atoms with Crippen LogP contribution in [0, 0.1) is 0 Å². The Bertz CT molecular complexity index is 1050. The number of ether oxygens (including phenoxy) is 2. The molecule has 9 heteroatoms. The van der Waals surface area contributed by atoms with Crippen LogP contribution in [-0.2, 0) is 4.74 Å². The van der Waals surface area contributed by atoms with Crippen LogP contribution in [0.25, 0.3) is 10.9 Å². The summed E-state index contributed by atoms with van der Waals surface area (Å²) in [5, 5.41) is 23.5. The number of piperidine rings is 1. The predicted molar refractivity (Wildman–Crippen MR) is 150 cm³/mol. The molecule has 3 heterocycles. The molecule has 2 fully saturated rings. The fourth-order valence-corrected chi connectivity index (χ4v) is 6.61. The second kappa shape index (κ2) is 12.0. The second-order valence-electron chi connectivity index (χ2n) is 12.5. The van der Waals surface area contributed by atoms with Crippen LogP contribution in [0.1, 0.15) is 91.0 Å². The first kappa shape index (κ1) is 28.9. The van der Waals surface area contributed by atoms with E-state index in [1.165, 1.54) is 0 Å². The standard InChI is InChI=1S/C29H47N5O4/c1-19(11-13-35)32-27-31-18-24-25(33-27)23(20-7-9-21(36)10-8-20)17-30-26(24)38-22-15-28(2,3)34(12-14-37-6)29(4,5)16-22/h17-22,35-36H,7-16H2,1-6H3,(H,31,32,33)/t19-,20?,21?/m0/s1. The quantitative estimate of drug-likeness (QED) is 0.415. The molecule has 0 unspecified atom stereocenters. The first-order valence-electron chi connectivity index (χ1n) is 14.2. The van der Waals surface area contributed by atoms with E-state index in [1.807, 2.05) is 19.3 Å². The summed E-state index contributed by atoms with van der Waals surface area (Å²) in [4.78, 5) is 16.9. The van der Waals surface area contributed by atoms with E-state index in [-0.39, 0.29) is 35.9 Å². The number of nitrogens with zero attached hydrogens (tertiary/aromatic N) is 4. The van der Waals surface area contributed by atoms with Gasteiger partial charge in [-0.25, -0.2) is 15.0 Å². The molecule has 212 valence electrons. The van der Waals surface area contributed by atoms with Gasteiger partial charge in [0.1, 0.15) is 6.10 Å². The van der Waals surface area contributed by atoms with Crippen LogP contribution in [0.3, 0.4) is 0 Å². The first-order chi connectivity index (χ1) is 18.0. The Hall–Kier alpha value is -2.07. The SMILES string of the molecule is COCCN1C(C)(C)CC(Oc2ncc(C3CCC(O)CC3)c3nc(N[C@@H](C)CCO)ncc23)CC1(C)C. The Morgan fingerprint density at radius 3 is 2.39 bits per heavy atom. The molecule has 1 saturated carbocycles. The van der Waals surface area contributed by atoms with E-state index >= 15 is 0 Å². The zero-order valence-electron chi connectivity index (χ0n) is 24.0. The Kier molecular flexibility index (Phi) is 9.12. The monoisotopic (exact) mass is 529 g/mol. The lowest BCUT2D eigenvalue weighted by atomic mass is 9.78. The summed E-state index contributed by atoms with van der Waals surface area (Å²) in [6, 6.07) is 0.0519. The molecule has 1 aliphatic heterocycles. The van der Waals surface area contributed by atoms with Crippen molar-refractivity contribution in [3.05, 3.63) is 18.0 Å². The Morgan fingerprint density at radius 1 is 1.08 bits per heavy atom. The van der Waals surface area contributed by atoms with Crippen LogP contribution in [0.15, 0.2) is 12.4 Å². The average Bonchev–Trinajstić information content (AvgIpc) is 2.83. The van der Waals surface area contributed by atoms with Crippen molar-refractivity contribution in [2.45, 2.75) is 115 Å². The van der Waals surface area contributed by atoms with Gasteiger partial charge < -0.3 is 25.0 Å². The van der Waals surface area contributed by atoms with Gasteiger partial charge in [0.2, 0.25) is 11.8 Å². The molecule has 0 radical (unpaired) electrons. The lowest BCUT2D eigenvalue weighted by Gasteiger charge is -2.55. The number of aliphatic hydroxyl groups is 2. The fourth-order valence-electron chi connectivity index (χ4n) is 6.61. The van der Waals surface area contributed by atoms with E-state index in [1.54, 1.807) is 7.11 Å². The normalized spacial score (nSPS) is 24.8. The third-order valence-electron chi connectivity index (χ3n) is 8.40. The zero-order valence-corrected chi connectivity index (χ0v) is 24.0. The van der Waals surface area contributed by atoms with Gasteiger partial charge in [-0.05, 0) is 72.6 Å². The van der Waals surface area contributed by atoms with Crippen molar-refractivity contribution in [3.63, 3.8) is 0 Å². The smallest absolute Gasteiger partial charge is 0.224 e. The summed E-state index contributed by atoms with van der Waals surface area (Å²) < 4.78 is 12.1. The van der Waals surface area contributed by atoms with Gasteiger partial charge in [0, 0.05) is 68.2 Å². The predicted octanol–water partition coefficient (Wildman–Crippen LogP) is 4.27.